The minimum Gasteiger partial charge on any atom is -0.504 e. The molecule has 8 rings (SSSR count). The molecule has 0 bridgehead atoms. The molecule has 3 aromatic carbocycles. The Balaban J connectivity index is 1.13. The highest BCUT2D eigenvalue weighted by Gasteiger charge is 2.56. The van der Waals surface area contributed by atoms with Crippen molar-refractivity contribution in [2.75, 3.05) is 12.0 Å². The number of imide groups is 1. The van der Waals surface area contributed by atoms with Crippen molar-refractivity contribution < 1.29 is 33.4 Å². The molecular formula is C39H30N2O7. The molecule has 0 spiro atoms. The van der Waals surface area contributed by atoms with Crippen LogP contribution in [0.25, 0.3) is 28.6 Å². The molecular weight excluding hydrogens is 608 g/mol. The summed E-state index contributed by atoms with van der Waals surface area (Å²) in [6, 6.07) is 19.4. The van der Waals surface area contributed by atoms with Crippen LogP contribution in [-0.4, -0.2) is 40.6 Å². The fourth-order valence-corrected chi connectivity index (χ4v) is 7.67. The van der Waals surface area contributed by atoms with Crippen molar-refractivity contribution in [3.8, 4) is 23.0 Å². The number of oxazole rings is 1. The third-order valence-electron chi connectivity index (χ3n) is 9.96. The number of rotatable bonds is 5. The number of fused-ring (bicyclic) bond motifs is 4. The molecule has 1 aromatic heterocycles. The molecule has 0 saturated carbocycles. The topological polar surface area (TPSA) is 127 Å². The van der Waals surface area contributed by atoms with E-state index < -0.39 is 23.7 Å². The van der Waals surface area contributed by atoms with E-state index >= 15 is 0 Å². The van der Waals surface area contributed by atoms with Crippen LogP contribution >= 0.6 is 0 Å². The summed E-state index contributed by atoms with van der Waals surface area (Å²) in [4.78, 5) is 60.9. The number of allylic oxidation sites excluding steroid dienone is 7. The highest BCUT2D eigenvalue weighted by Crippen LogP contribution is 2.53. The molecule has 238 valence electrons. The van der Waals surface area contributed by atoms with Gasteiger partial charge in [0.05, 0.1) is 24.6 Å². The number of hydrogen-bond acceptors (Lipinski definition) is 8. The first-order valence-corrected chi connectivity index (χ1v) is 15.8. The summed E-state index contributed by atoms with van der Waals surface area (Å²) in [6.45, 7) is 1.63. The van der Waals surface area contributed by atoms with Gasteiger partial charge in [0.2, 0.25) is 17.7 Å². The van der Waals surface area contributed by atoms with Crippen molar-refractivity contribution in [1.29, 1.82) is 0 Å². The van der Waals surface area contributed by atoms with Gasteiger partial charge in [0.25, 0.3) is 0 Å². The number of phenols is 1. The van der Waals surface area contributed by atoms with Crippen LogP contribution in [0.3, 0.4) is 0 Å². The first-order valence-electron chi connectivity index (χ1n) is 15.8. The van der Waals surface area contributed by atoms with E-state index in [0.29, 0.717) is 51.6 Å². The molecule has 9 nitrogen and oxygen atoms in total. The molecule has 2 heterocycles. The summed E-state index contributed by atoms with van der Waals surface area (Å²) >= 11 is 0. The van der Waals surface area contributed by atoms with Gasteiger partial charge in [0.15, 0.2) is 28.6 Å². The third-order valence-corrected chi connectivity index (χ3v) is 9.96. The Hall–Kier alpha value is -5.83. The average Bonchev–Trinajstić information content (AvgIpc) is 3.64. The Bertz CT molecular complexity index is 2170. The van der Waals surface area contributed by atoms with Gasteiger partial charge >= 0.3 is 0 Å². The van der Waals surface area contributed by atoms with Gasteiger partial charge in [-0.3, -0.25) is 24.1 Å². The van der Waals surface area contributed by atoms with Crippen molar-refractivity contribution in [2.45, 2.75) is 19.8 Å². The summed E-state index contributed by atoms with van der Waals surface area (Å²) in [7, 11) is 1.46. The van der Waals surface area contributed by atoms with Crippen LogP contribution in [0, 0.1) is 23.7 Å². The smallest absolute Gasteiger partial charge is 0.238 e. The van der Waals surface area contributed by atoms with Crippen molar-refractivity contribution in [1.82, 2.24) is 4.98 Å². The molecule has 1 N–H and O–H groups in total. The van der Waals surface area contributed by atoms with Crippen molar-refractivity contribution >= 4 is 46.2 Å². The minimum absolute atomic E-state index is 0.00174. The van der Waals surface area contributed by atoms with Crippen LogP contribution in [-0.2, 0) is 19.2 Å². The van der Waals surface area contributed by atoms with Crippen molar-refractivity contribution in [2.24, 2.45) is 23.7 Å². The number of anilines is 1. The zero-order valence-corrected chi connectivity index (χ0v) is 26.2. The molecule has 1 aliphatic heterocycles. The van der Waals surface area contributed by atoms with E-state index in [1.807, 2.05) is 42.5 Å². The number of nitrogens with zero attached hydrogens (tertiary/aromatic N) is 2. The lowest BCUT2D eigenvalue weighted by atomic mass is 9.60. The maximum absolute atomic E-state index is 14.2. The van der Waals surface area contributed by atoms with Crippen LogP contribution in [0.2, 0.25) is 0 Å². The number of para-hydroxylation sites is 2. The Morgan fingerprint density at radius 3 is 2.54 bits per heavy atom. The van der Waals surface area contributed by atoms with E-state index in [1.54, 1.807) is 43.3 Å². The molecule has 48 heavy (non-hydrogen) atoms. The third kappa shape index (κ3) is 4.57. The lowest BCUT2D eigenvalue weighted by Crippen LogP contribution is -2.40. The molecule has 3 aliphatic carbocycles. The molecule has 2 amide bonds. The summed E-state index contributed by atoms with van der Waals surface area (Å²) in [5.74, 6) is -2.54. The summed E-state index contributed by atoms with van der Waals surface area (Å²) in [5.41, 5.74) is 5.34. The highest BCUT2D eigenvalue weighted by atomic mass is 16.5. The Kier molecular flexibility index (Phi) is 6.87. The largest absolute Gasteiger partial charge is 0.504 e. The number of Topliss-reactive ketones (excluding diaryl/α,β-unsaturated/α-hetero) is 1. The first-order chi connectivity index (χ1) is 23.2. The number of ketones is 2. The Labute approximate surface area is 275 Å². The van der Waals surface area contributed by atoms with Crippen LogP contribution in [0.1, 0.15) is 25.3 Å². The number of methoxy groups -OCH3 is 1. The summed E-state index contributed by atoms with van der Waals surface area (Å²) in [6.07, 6.45) is 7.60. The molecule has 4 aromatic rings. The molecule has 9 heteroatoms. The van der Waals surface area contributed by atoms with Gasteiger partial charge < -0.3 is 14.3 Å². The monoisotopic (exact) mass is 638 g/mol. The number of aromatic hydroxyl groups is 1. The van der Waals surface area contributed by atoms with Gasteiger partial charge in [-0.15, -0.1) is 0 Å². The van der Waals surface area contributed by atoms with Gasteiger partial charge in [0, 0.05) is 28.2 Å². The van der Waals surface area contributed by atoms with E-state index in [4.69, 9.17) is 9.15 Å². The second-order valence-corrected chi connectivity index (χ2v) is 12.6. The van der Waals surface area contributed by atoms with Gasteiger partial charge in [0.1, 0.15) is 5.52 Å². The summed E-state index contributed by atoms with van der Waals surface area (Å²) in [5, 5.41) is 10.1. The quantitative estimate of drug-likeness (QED) is 0.151. The van der Waals surface area contributed by atoms with Crippen molar-refractivity contribution in [3.05, 3.63) is 113 Å². The SMILES string of the molecule is COc1cc(C=CC2C3=CCC4C(=O)N(c5ccc(-c6nc7ccccc7o6)cc5)C(=O)C4C3CC3=C2C(=O)C=C(C)C3=O)ccc1O. The molecule has 4 unspecified atom stereocenters. The van der Waals surface area contributed by atoms with Gasteiger partial charge in [-0.05, 0) is 85.9 Å². The fourth-order valence-electron chi connectivity index (χ4n) is 7.67. The van der Waals surface area contributed by atoms with E-state index in [9.17, 15) is 24.3 Å². The summed E-state index contributed by atoms with van der Waals surface area (Å²) < 4.78 is 11.1. The van der Waals surface area contributed by atoms with E-state index in [0.717, 1.165) is 16.7 Å². The number of phenolic OH excluding ortho intramolecular Hbond substituents is 1. The number of amides is 2. The van der Waals surface area contributed by atoms with Gasteiger partial charge in [-0.2, -0.15) is 0 Å². The number of ether oxygens (including phenoxy) is 1. The van der Waals surface area contributed by atoms with E-state index in [2.05, 4.69) is 4.98 Å². The van der Waals surface area contributed by atoms with Crippen LogP contribution in [0.4, 0.5) is 5.69 Å². The Morgan fingerprint density at radius 1 is 0.979 bits per heavy atom. The van der Waals surface area contributed by atoms with Gasteiger partial charge in [-0.1, -0.05) is 42.0 Å². The minimum atomic E-state index is -0.679. The number of benzene rings is 3. The number of aromatic nitrogens is 1. The predicted octanol–water partition coefficient (Wildman–Crippen LogP) is 6.39. The normalized spacial score (nSPS) is 23.8. The van der Waals surface area contributed by atoms with Crippen LogP contribution < -0.4 is 9.64 Å². The molecule has 0 radical (unpaired) electrons. The van der Waals surface area contributed by atoms with Crippen LogP contribution in [0.15, 0.2) is 112 Å². The lowest BCUT2D eigenvalue weighted by molar-refractivity contribution is -0.123. The highest BCUT2D eigenvalue weighted by molar-refractivity contribution is 6.24. The van der Waals surface area contributed by atoms with Gasteiger partial charge in [-0.25, -0.2) is 4.98 Å². The second kappa shape index (κ2) is 11.2. The zero-order valence-electron chi connectivity index (χ0n) is 26.2. The molecule has 1 saturated heterocycles. The molecule has 1 fully saturated rings. The number of hydrogen-bond donors (Lipinski definition) is 1. The zero-order chi connectivity index (χ0) is 33.3. The van der Waals surface area contributed by atoms with E-state index in [-0.39, 0.29) is 35.6 Å². The predicted molar refractivity (Wildman–Crippen MR) is 178 cm³/mol. The average molecular weight is 639 g/mol. The standard InChI is InChI=1S/C39H30N2O7/c1-20-17-31(43)34-25(13-7-21-8-16-30(42)33(18-21)47-2)24-14-15-26-35(27(24)19-28(34)36(20)44)39(46)41(38(26)45)23-11-9-22(10-12-23)37-40-29-5-3-4-6-32(29)48-37/h3-14,16-18,25-27,35,42H,15,19H2,1-2H3. The Morgan fingerprint density at radius 2 is 1.77 bits per heavy atom. The maximum atomic E-state index is 14.2. The molecule has 4 aliphatic rings. The van der Waals surface area contributed by atoms with E-state index in [1.165, 1.54) is 24.2 Å². The lowest BCUT2D eigenvalue weighted by Gasteiger charge is -2.41. The number of carbonyl (C=O) groups is 4. The van der Waals surface area contributed by atoms with Crippen LogP contribution in [0.5, 0.6) is 11.5 Å². The van der Waals surface area contributed by atoms with Crippen molar-refractivity contribution in [3.63, 3.8) is 0 Å². The fraction of sp³-hybridized carbons (Fsp3) is 0.205. The number of carbonyl (C=O) groups excluding carboxylic acids is 4. The molecule has 4 atom stereocenters. The first kappa shape index (κ1) is 29.6. The second-order valence-electron chi connectivity index (χ2n) is 12.6. The maximum Gasteiger partial charge on any atom is 0.238 e.